The fourth-order valence-corrected chi connectivity index (χ4v) is 3.82. The quantitative estimate of drug-likeness (QED) is 0.909. The van der Waals surface area contributed by atoms with Crippen LogP contribution in [0.25, 0.3) is 0 Å². The van der Waals surface area contributed by atoms with E-state index in [9.17, 15) is 0 Å². The van der Waals surface area contributed by atoms with E-state index >= 15 is 0 Å². The molecule has 98 valence electrons. The fourth-order valence-electron chi connectivity index (χ4n) is 3.14. The third kappa shape index (κ3) is 2.29. The second-order valence-corrected chi connectivity index (χ2v) is 6.12. The summed E-state index contributed by atoms with van der Waals surface area (Å²) in [6, 6.07) is 7.26. The van der Waals surface area contributed by atoms with E-state index in [1.807, 2.05) is 0 Å². The highest BCUT2D eigenvalue weighted by Crippen LogP contribution is 2.31. The van der Waals surface area contributed by atoms with Crippen LogP contribution in [0.2, 0.25) is 0 Å². The molecule has 0 bridgehead atoms. The molecule has 2 aliphatic heterocycles. The summed E-state index contributed by atoms with van der Waals surface area (Å²) in [5, 5.41) is 0. The minimum Gasteiger partial charge on any atom is -0.368 e. The maximum Gasteiger partial charge on any atom is 0.0511 e. The van der Waals surface area contributed by atoms with E-state index in [0.717, 1.165) is 12.6 Å². The largest absolute Gasteiger partial charge is 0.368 e. The van der Waals surface area contributed by atoms with Gasteiger partial charge in [0.2, 0.25) is 0 Å². The first-order valence-electron chi connectivity index (χ1n) is 6.75. The molecule has 4 heteroatoms. The average Bonchev–Trinajstić information content (AvgIpc) is 2.85. The molecule has 0 saturated carbocycles. The molecule has 18 heavy (non-hydrogen) atoms. The van der Waals surface area contributed by atoms with E-state index in [2.05, 4.69) is 43.9 Å². The van der Waals surface area contributed by atoms with Gasteiger partial charge in [-0.25, -0.2) is 0 Å². The van der Waals surface area contributed by atoms with Crippen molar-refractivity contribution in [2.24, 2.45) is 5.73 Å². The summed E-state index contributed by atoms with van der Waals surface area (Å²) < 4.78 is 1.18. The van der Waals surface area contributed by atoms with Gasteiger partial charge in [-0.3, -0.25) is 4.90 Å². The van der Waals surface area contributed by atoms with Crippen LogP contribution in [0.5, 0.6) is 0 Å². The van der Waals surface area contributed by atoms with Crippen LogP contribution in [0.4, 0.5) is 5.69 Å². The zero-order chi connectivity index (χ0) is 12.5. The molecule has 0 spiro atoms. The lowest BCUT2D eigenvalue weighted by Gasteiger charge is -2.39. The first-order chi connectivity index (χ1) is 8.78. The maximum absolute atomic E-state index is 5.68. The van der Waals surface area contributed by atoms with E-state index < -0.39 is 0 Å². The van der Waals surface area contributed by atoms with Gasteiger partial charge in [0.05, 0.1) is 5.69 Å². The summed E-state index contributed by atoms with van der Waals surface area (Å²) >= 11 is 3.69. The first-order valence-corrected chi connectivity index (χ1v) is 7.55. The Morgan fingerprint density at radius 3 is 2.94 bits per heavy atom. The molecule has 0 amide bonds. The number of nitrogens with two attached hydrogens (primary N) is 1. The topological polar surface area (TPSA) is 32.5 Å². The Labute approximate surface area is 117 Å². The molecule has 1 unspecified atom stereocenters. The Kier molecular flexibility index (Phi) is 3.59. The second-order valence-electron chi connectivity index (χ2n) is 5.27. The van der Waals surface area contributed by atoms with Gasteiger partial charge in [-0.05, 0) is 53.0 Å². The Hall–Kier alpha value is -0.580. The van der Waals surface area contributed by atoms with Gasteiger partial charge in [-0.2, -0.15) is 0 Å². The van der Waals surface area contributed by atoms with Crippen molar-refractivity contribution in [1.82, 2.24) is 4.90 Å². The lowest BCUT2D eigenvalue weighted by Crippen LogP contribution is -2.50. The second kappa shape index (κ2) is 5.19. The van der Waals surface area contributed by atoms with Gasteiger partial charge in [0, 0.05) is 36.7 Å². The van der Waals surface area contributed by atoms with Crippen LogP contribution < -0.4 is 10.6 Å². The van der Waals surface area contributed by atoms with E-state index in [4.69, 9.17) is 5.73 Å². The van der Waals surface area contributed by atoms with Gasteiger partial charge >= 0.3 is 0 Å². The SMILES string of the molecule is NCc1ccc(N2CCN3CCCC3C2)c(Br)c1. The average molecular weight is 310 g/mol. The number of benzene rings is 1. The van der Waals surface area contributed by atoms with Crippen LogP contribution in [0.15, 0.2) is 22.7 Å². The van der Waals surface area contributed by atoms with Crippen molar-refractivity contribution in [1.29, 1.82) is 0 Å². The zero-order valence-corrected chi connectivity index (χ0v) is 12.2. The maximum atomic E-state index is 5.68. The lowest BCUT2D eigenvalue weighted by molar-refractivity contribution is 0.231. The van der Waals surface area contributed by atoms with Gasteiger partial charge in [0.1, 0.15) is 0 Å². The fraction of sp³-hybridized carbons (Fsp3) is 0.571. The van der Waals surface area contributed by atoms with Crippen LogP contribution in [-0.2, 0) is 6.54 Å². The molecule has 2 saturated heterocycles. The van der Waals surface area contributed by atoms with Crippen molar-refractivity contribution < 1.29 is 0 Å². The van der Waals surface area contributed by atoms with E-state index in [0.29, 0.717) is 6.54 Å². The van der Waals surface area contributed by atoms with Gasteiger partial charge < -0.3 is 10.6 Å². The molecule has 1 aromatic rings. The highest BCUT2D eigenvalue weighted by Gasteiger charge is 2.30. The summed E-state index contributed by atoms with van der Waals surface area (Å²) in [5.41, 5.74) is 8.18. The molecule has 2 N–H and O–H groups in total. The summed E-state index contributed by atoms with van der Waals surface area (Å²) in [6.45, 7) is 5.41. The normalized spacial score (nSPS) is 24.3. The third-order valence-corrected chi connectivity index (χ3v) is 4.81. The van der Waals surface area contributed by atoms with Crippen molar-refractivity contribution >= 4 is 21.6 Å². The number of piperazine rings is 1. The van der Waals surface area contributed by atoms with Gasteiger partial charge in [-0.15, -0.1) is 0 Å². The molecule has 2 heterocycles. The Bertz CT molecular complexity index is 435. The summed E-state index contributed by atoms with van der Waals surface area (Å²) in [6.07, 6.45) is 2.72. The Balaban J connectivity index is 1.78. The predicted octanol–water partition coefficient (Wildman–Crippen LogP) is 2.19. The van der Waals surface area contributed by atoms with Crippen LogP contribution in [0.3, 0.4) is 0 Å². The standard InChI is InChI=1S/C14H20BrN3/c15-13-8-11(9-16)3-4-14(13)18-7-6-17-5-1-2-12(17)10-18/h3-4,8,12H,1-2,5-7,9-10,16H2. The van der Waals surface area contributed by atoms with Crippen LogP contribution in [-0.4, -0.2) is 37.1 Å². The van der Waals surface area contributed by atoms with Crippen molar-refractivity contribution in [2.45, 2.75) is 25.4 Å². The van der Waals surface area contributed by atoms with Crippen molar-refractivity contribution in [3.05, 3.63) is 28.2 Å². The van der Waals surface area contributed by atoms with Crippen LogP contribution in [0, 0.1) is 0 Å². The smallest absolute Gasteiger partial charge is 0.0511 e. The number of fused-ring (bicyclic) bond motifs is 1. The Morgan fingerprint density at radius 1 is 1.28 bits per heavy atom. The summed E-state index contributed by atoms with van der Waals surface area (Å²) in [5.74, 6) is 0. The number of hydrogen-bond donors (Lipinski definition) is 1. The minimum absolute atomic E-state index is 0.606. The number of halogens is 1. The highest BCUT2D eigenvalue weighted by molar-refractivity contribution is 9.10. The Morgan fingerprint density at radius 2 is 2.17 bits per heavy atom. The van der Waals surface area contributed by atoms with E-state index in [1.165, 1.54) is 48.2 Å². The van der Waals surface area contributed by atoms with Crippen LogP contribution >= 0.6 is 15.9 Å². The molecule has 0 aliphatic carbocycles. The molecule has 1 atom stereocenters. The number of rotatable bonds is 2. The molecule has 0 aromatic heterocycles. The minimum atomic E-state index is 0.606. The highest BCUT2D eigenvalue weighted by atomic mass is 79.9. The van der Waals surface area contributed by atoms with Crippen molar-refractivity contribution in [3.8, 4) is 0 Å². The van der Waals surface area contributed by atoms with Crippen molar-refractivity contribution in [2.75, 3.05) is 31.1 Å². The van der Waals surface area contributed by atoms with Gasteiger partial charge in [-0.1, -0.05) is 6.07 Å². The lowest BCUT2D eigenvalue weighted by atomic mass is 10.1. The number of anilines is 1. The molecule has 3 rings (SSSR count). The van der Waals surface area contributed by atoms with Crippen LogP contribution in [0.1, 0.15) is 18.4 Å². The number of nitrogens with zero attached hydrogens (tertiary/aromatic N) is 2. The molecule has 2 fully saturated rings. The van der Waals surface area contributed by atoms with Crippen molar-refractivity contribution in [3.63, 3.8) is 0 Å². The molecule has 3 nitrogen and oxygen atoms in total. The van der Waals surface area contributed by atoms with E-state index in [1.54, 1.807) is 0 Å². The molecular weight excluding hydrogens is 290 g/mol. The monoisotopic (exact) mass is 309 g/mol. The first kappa shape index (κ1) is 12.5. The number of hydrogen-bond acceptors (Lipinski definition) is 3. The molecular formula is C14H20BrN3. The molecule has 2 aliphatic rings. The summed E-state index contributed by atoms with van der Waals surface area (Å²) in [4.78, 5) is 5.15. The molecule has 0 radical (unpaired) electrons. The zero-order valence-electron chi connectivity index (χ0n) is 10.6. The third-order valence-electron chi connectivity index (χ3n) is 4.18. The molecule has 1 aromatic carbocycles. The van der Waals surface area contributed by atoms with Gasteiger partial charge in [0.25, 0.3) is 0 Å². The van der Waals surface area contributed by atoms with E-state index in [-0.39, 0.29) is 0 Å². The van der Waals surface area contributed by atoms with Gasteiger partial charge in [0.15, 0.2) is 0 Å². The summed E-state index contributed by atoms with van der Waals surface area (Å²) in [7, 11) is 0. The predicted molar refractivity (Wildman–Crippen MR) is 78.8 cm³/mol.